The molecule has 0 amide bonds. The summed E-state index contributed by atoms with van der Waals surface area (Å²) < 4.78 is 37.3. The third-order valence-electron chi connectivity index (χ3n) is 2.56. The van der Waals surface area contributed by atoms with E-state index >= 15 is 0 Å². The van der Waals surface area contributed by atoms with Crippen LogP contribution >= 0.6 is 0 Å². The average Bonchev–Trinajstić information content (AvgIpc) is 2.87. The lowest BCUT2D eigenvalue weighted by Gasteiger charge is -2.08. The third-order valence-corrected chi connectivity index (χ3v) is 2.56. The second kappa shape index (κ2) is 5.64. The van der Waals surface area contributed by atoms with Gasteiger partial charge in [-0.15, -0.1) is 5.10 Å². The van der Waals surface area contributed by atoms with Crippen LogP contribution in [0.2, 0.25) is 0 Å². The summed E-state index contributed by atoms with van der Waals surface area (Å²) >= 11 is 0. The average molecular weight is 269 g/mol. The number of ether oxygens (including phenoxy) is 1. The zero-order valence-corrected chi connectivity index (χ0v) is 10.5. The predicted molar refractivity (Wildman–Crippen MR) is 63.9 cm³/mol. The van der Waals surface area contributed by atoms with E-state index in [2.05, 4.69) is 15.5 Å². The molecule has 0 spiro atoms. The fraction of sp³-hybridized carbons (Fsp3) is 0.333. The number of anilines is 1. The highest BCUT2D eigenvalue weighted by atomic mass is 19.1. The van der Waals surface area contributed by atoms with Crippen LogP contribution in [0.25, 0.3) is 0 Å². The predicted octanol–water partition coefficient (Wildman–Crippen LogP) is 2.53. The lowest BCUT2D eigenvalue weighted by molar-refractivity contribution is 0.381. The highest BCUT2D eigenvalue weighted by Gasteiger charge is 2.15. The first-order valence-electron chi connectivity index (χ1n) is 5.72. The van der Waals surface area contributed by atoms with Crippen LogP contribution < -0.4 is 10.1 Å². The van der Waals surface area contributed by atoms with Crippen molar-refractivity contribution in [1.82, 2.24) is 10.2 Å². The van der Waals surface area contributed by atoms with Crippen molar-refractivity contribution < 1.29 is 17.9 Å². The molecule has 2 rings (SSSR count). The highest BCUT2D eigenvalue weighted by molar-refractivity contribution is 5.34. The van der Waals surface area contributed by atoms with Gasteiger partial charge in [0.1, 0.15) is 5.82 Å². The maximum Gasteiger partial charge on any atom is 0.315 e. The number of nitrogens with one attached hydrogen (secondary N) is 1. The molecule has 0 saturated heterocycles. The molecule has 1 N–H and O–H groups in total. The second-order valence-electron chi connectivity index (χ2n) is 3.75. The summed E-state index contributed by atoms with van der Waals surface area (Å²) in [5, 5.41) is 10.1. The van der Waals surface area contributed by atoms with E-state index in [9.17, 15) is 8.78 Å². The van der Waals surface area contributed by atoms with Gasteiger partial charge in [-0.3, -0.25) is 0 Å². The Bertz CT molecular complexity index is 572. The number of aryl methyl sites for hydroxylation is 1. The zero-order chi connectivity index (χ0) is 13.8. The van der Waals surface area contributed by atoms with Gasteiger partial charge in [-0.1, -0.05) is 12.0 Å². The quantitative estimate of drug-likeness (QED) is 0.903. The molecule has 0 saturated carbocycles. The molecule has 1 aromatic carbocycles. The van der Waals surface area contributed by atoms with E-state index < -0.39 is 11.6 Å². The molecule has 7 heteroatoms. The molecule has 0 aliphatic heterocycles. The normalized spacial score (nSPS) is 10.5. The summed E-state index contributed by atoms with van der Waals surface area (Å²) in [7, 11) is 1.32. The molecular weight excluding hydrogens is 256 g/mol. The van der Waals surface area contributed by atoms with Gasteiger partial charge in [0, 0.05) is 12.0 Å². The summed E-state index contributed by atoms with van der Waals surface area (Å²) in [4.78, 5) is 0. The van der Waals surface area contributed by atoms with Crippen LogP contribution in [0.3, 0.4) is 0 Å². The van der Waals surface area contributed by atoms with Gasteiger partial charge in [0.15, 0.2) is 11.6 Å². The van der Waals surface area contributed by atoms with Crippen molar-refractivity contribution in [2.75, 3.05) is 12.4 Å². The molecule has 102 valence electrons. The van der Waals surface area contributed by atoms with E-state index in [0.717, 1.165) is 6.07 Å². The van der Waals surface area contributed by atoms with E-state index in [1.165, 1.54) is 13.2 Å². The van der Waals surface area contributed by atoms with Crippen molar-refractivity contribution in [3.63, 3.8) is 0 Å². The Morgan fingerprint density at radius 3 is 2.74 bits per heavy atom. The Morgan fingerprint density at radius 2 is 2.11 bits per heavy atom. The standard InChI is InChI=1S/C12H13F2N3O2/c1-3-10-16-17-12(19-10)15-6-7-8(13)4-5-9(18-2)11(7)14/h4-5H,3,6H2,1-2H3,(H,15,17). The van der Waals surface area contributed by atoms with E-state index in [1.807, 2.05) is 6.92 Å². The number of nitrogens with zero attached hydrogens (tertiary/aromatic N) is 2. The molecule has 0 unspecified atom stereocenters. The first-order valence-corrected chi connectivity index (χ1v) is 5.72. The molecule has 0 radical (unpaired) electrons. The van der Waals surface area contributed by atoms with Crippen molar-refractivity contribution in [1.29, 1.82) is 0 Å². The van der Waals surface area contributed by atoms with E-state index in [-0.39, 0.29) is 23.9 Å². The molecule has 0 bridgehead atoms. The molecule has 0 aliphatic rings. The number of halogens is 2. The van der Waals surface area contributed by atoms with Gasteiger partial charge >= 0.3 is 6.01 Å². The van der Waals surface area contributed by atoms with Gasteiger partial charge in [-0.25, -0.2) is 8.78 Å². The van der Waals surface area contributed by atoms with Crippen LogP contribution in [-0.4, -0.2) is 17.3 Å². The van der Waals surface area contributed by atoms with E-state index in [1.54, 1.807) is 0 Å². The molecule has 5 nitrogen and oxygen atoms in total. The number of rotatable bonds is 5. The minimum Gasteiger partial charge on any atom is -0.494 e. The molecule has 0 aliphatic carbocycles. The fourth-order valence-corrected chi connectivity index (χ4v) is 1.53. The molecule has 19 heavy (non-hydrogen) atoms. The first-order chi connectivity index (χ1) is 9.15. The van der Waals surface area contributed by atoms with Crippen LogP contribution in [0, 0.1) is 11.6 Å². The summed E-state index contributed by atoms with van der Waals surface area (Å²) in [6.45, 7) is 1.75. The molecular formula is C12H13F2N3O2. The maximum absolute atomic E-state index is 13.8. The van der Waals surface area contributed by atoms with E-state index in [4.69, 9.17) is 9.15 Å². The summed E-state index contributed by atoms with van der Waals surface area (Å²) in [6.07, 6.45) is 0.594. The summed E-state index contributed by atoms with van der Waals surface area (Å²) in [6, 6.07) is 2.50. The highest BCUT2D eigenvalue weighted by Crippen LogP contribution is 2.23. The Kier molecular flexibility index (Phi) is 3.94. The van der Waals surface area contributed by atoms with Gasteiger partial charge in [0.25, 0.3) is 0 Å². The minimum absolute atomic E-state index is 0.0158. The third kappa shape index (κ3) is 2.81. The van der Waals surface area contributed by atoms with Crippen molar-refractivity contribution in [2.24, 2.45) is 0 Å². The number of aromatic nitrogens is 2. The van der Waals surface area contributed by atoms with Crippen molar-refractivity contribution in [3.8, 4) is 5.75 Å². The number of hydrogen-bond acceptors (Lipinski definition) is 5. The molecule has 1 heterocycles. The van der Waals surface area contributed by atoms with Crippen LogP contribution in [0.4, 0.5) is 14.8 Å². The second-order valence-corrected chi connectivity index (χ2v) is 3.75. The molecule has 0 atom stereocenters. The molecule has 2 aromatic rings. The van der Waals surface area contributed by atoms with Crippen molar-refractivity contribution in [2.45, 2.75) is 19.9 Å². The lowest BCUT2D eigenvalue weighted by Crippen LogP contribution is -2.06. The van der Waals surface area contributed by atoms with Gasteiger partial charge < -0.3 is 14.5 Å². The zero-order valence-electron chi connectivity index (χ0n) is 10.5. The lowest BCUT2D eigenvalue weighted by atomic mass is 10.2. The minimum atomic E-state index is -0.745. The largest absolute Gasteiger partial charge is 0.494 e. The Labute approximate surface area is 108 Å². The number of methoxy groups -OCH3 is 1. The molecule has 0 fully saturated rings. The Balaban J connectivity index is 2.14. The monoisotopic (exact) mass is 269 g/mol. The first kappa shape index (κ1) is 13.3. The van der Waals surface area contributed by atoms with Gasteiger partial charge in [-0.2, -0.15) is 0 Å². The number of benzene rings is 1. The topological polar surface area (TPSA) is 60.2 Å². The van der Waals surface area contributed by atoms with Crippen molar-refractivity contribution in [3.05, 3.63) is 35.2 Å². The van der Waals surface area contributed by atoms with Gasteiger partial charge in [0.05, 0.1) is 13.7 Å². The van der Waals surface area contributed by atoms with Crippen LogP contribution in [-0.2, 0) is 13.0 Å². The van der Waals surface area contributed by atoms with Crippen LogP contribution in [0.15, 0.2) is 16.5 Å². The van der Waals surface area contributed by atoms with Crippen LogP contribution in [0.1, 0.15) is 18.4 Å². The summed E-state index contributed by atoms with van der Waals surface area (Å²) in [5.41, 5.74) is -0.143. The van der Waals surface area contributed by atoms with Crippen LogP contribution in [0.5, 0.6) is 5.75 Å². The van der Waals surface area contributed by atoms with Gasteiger partial charge in [0.2, 0.25) is 5.89 Å². The molecule has 1 aromatic heterocycles. The SMILES string of the molecule is CCc1nnc(NCc2c(F)ccc(OC)c2F)o1. The van der Waals surface area contributed by atoms with Crippen molar-refractivity contribution >= 4 is 6.01 Å². The smallest absolute Gasteiger partial charge is 0.315 e. The Morgan fingerprint density at radius 1 is 1.32 bits per heavy atom. The summed E-state index contributed by atoms with van der Waals surface area (Å²) in [5.74, 6) is -0.974. The fourth-order valence-electron chi connectivity index (χ4n) is 1.53. The van der Waals surface area contributed by atoms with E-state index in [0.29, 0.717) is 12.3 Å². The van der Waals surface area contributed by atoms with Gasteiger partial charge in [-0.05, 0) is 12.1 Å². The number of hydrogen-bond donors (Lipinski definition) is 1. The maximum atomic E-state index is 13.8. The Hall–Kier alpha value is -2.18.